The van der Waals surface area contributed by atoms with Gasteiger partial charge in [-0.05, 0) is 25.1 Å². The second-order valence-electron chi connectivity index (χ2n) is 4.99. The molecule has 0 amide bonds. The minimum atomic E-state index is -0.957. The lowest BCUT2D eigenvalue weighted by Crippen LogP contribution is -2.07. The molecule has 3 aromatic rings. The van der Waals surface area contributed by atoms with Crippen LogP contribution in [0.1, 0.15) is 6.42 Å². The van der Waals surface area contributed by atoms with Gasteiger partial charge in [0.1, 0.15) is 11.6 Å². The molecule has 0 atom stereocenters. The molecule has 0 saturated carbocycles. The Hall–Kier alpha value is -2.34. The predicted molar refractivity (Wildman–Crippen MR) is 78.7 cm³/mol. The molecule has 22 heavy (non-hydrogen) atoms. The van der Waals surface area contributed by atoms with Gasteiger partial charge < -0.3 is 10.3 Å². The van der Waals surface area contributed by atoms with Gasteiger partial charge >= 0.3 is 0 Å². The van der Waals surface area contributed by atoms with Crippen LogP contribution in [0.5, 0.6) is 0 Å². The Morgan fingerprint density at radius 2 is 1.82 bits per heavy atom. The Morgan fingerprint density at radius 1 is 1.05 bits per heavy atom. The van der Waals surface area contributed by atoms with Gasteiger partial charge in [0.25, 0.3) is 0 Å². The van der Waals surface area contributed by atoms with Gasteiger partial charge in [0.2, 0.25) is 0 Å². The van der Waals surface area contributed by atoms with Gasteiger partial charge in [-0.2, -0.15) is 0 Å². The number of nitrogens with two attached hydrogens (primary N) is 1. The van der Waals surface area contributed by atoms with E-state index in [-0.39, 0.29) is 0 Å². The monoisotopic (exact) mass is 305 g/mol. The number of halogens is 3. The number of hydrogen-bond acceptors (Lipinski definition) is 2. The molecule has 1 aromatic heterocycles. The normalized spacial score (nSPS) is 11.3. The summed E-state index contributed by atoms with van der Waals surface area (Å²) in [5.41, 5.74) is 6.87. The summed E-state index contributed by atoms with van der Waals surface area (Å²) in [7, 11) is 0. The van der Waals surface area contributed by atoms with Crippen molar-refractivity contribution in [2.75, 3.05) is 6.54 Å². The Morgan fingerprint density at radius 3 is 2.55 bits per heavy atom. The van der Waals surface area contributed by atoms with Crippen LogP contribution in [0.4, 0.5) is 13.2 Å². The lowest BCUT2D eigenvalue weighted by molar-refractivity contribution is 0.510. The molecule has 0 unspecified atom stereocenters. The van der Waals surface area contributed by atoms with Crippen LogP contribution in [0.25, 0.3) is 22.4 Å². The number of aryl methyl sites for hydroxylation is 1. The quantitative estimate of drug-likeness (QED) is 0.802. The third-order valence-corrected chi connectivity index (χ3v) is 3.46. The van der Waals surface area contributed by atoms with Crippen LogP contribution in [0, 0.1) is 17.5 Å². The molecule has 114 valence electrons. The zero-order chi connectivity index (χ0) is 15.7. The van der Waals surface area contributed by atoms with E-state index in [4.69, 9.17) is 5.73 Å². The van der Waals surface area contributed by atoms with E-state index in [0.717, 1.165) is 12.1 Å². The van der Waals surface area contributed by atoms with Crippen LogP contribution in [0.15, 0.2) is 36.4 Å². The molecule has 6 heteroatoms. The van der Waals surface area contributed by atoms with Crippen molar-refractivity contribution < 1.29 is 13.2 Å². The van der Waals surface area contributed by atoms with Crippen LogP contribution in [-0.2, 0) is 6.54 Å². The Labute approximate surface area is 125 Å². The number of benzene rings is 2. The van der Waals surface area contributed by atoms with Crippen molar-refractivity contribution in [2.24, 2.45) is 5.73 Å². The van der Waals surface area contributed by atoms with Crippen LogP contribution in [0.2, 0.25) is 0 Å². The standard InChI is InChI=1S/C16H14F3N3/c17-11-4-1-3-10(7-11)16-21-14-8-12(18)13(19)9-15(14)22(16)6-2-5-20/h1,3-4,7-9H,2,5-6,20H2. The highest BCUT2D eigenvalue weighted by molar-refractivity contribution is 5.80. The van der Waals surface area contributed by atoms with E-state index >= 15 is 0 Å². The highest BCUT2D eigenvalue weighted by Gasteiger charge is 2.15. The maximum absolute atomic E-state index is 13.5. The van der Waals surface area contributed by atoms with E-state index in [2.05, 4.69) is 4.98 Å². The van der Waals surface area contributed by atoms with Crippen molar-refractivity contribution in [3.8, 4) is 11.4 Å². The number of nitrogens with zero attached hydrogens (tertiary/aromatic N) is 2. The summed E-state index contributed by atoms with van der Waals surface area (Å²) in [5.74, 6) is -1.82. The van der Waals surface area contributed by atoms with Gasteiger partial charge in [0.05, 0.1) is 11.0 Å². The van der Waals surface area contributed by atoms with E-state index in [0.29, 0.717) is 41.9 Å². The third kappa shape index (κ3) is 2.57. The predicted octanol–water partition coefficient (Wildman–Crippen LogP) is 3.47. The molecule has 3 nitrogen and oxygen atoms in total. The Balaban J connectivity index is 2.23. The SMILES string of the molecule is NCCCn1c(-c2cccc(F)c2)nc2cc(F)c(F)cc21. The van der Waals surface area contributed by atoms with Gasteiger partial charge in [0.15, 0.2) is 11.6 Å². The first-order valence-electron chi connectivity index (χ1n) is 6.91. The Bertz CT molecular complexity index is 827. The minimum Gasteiger partial charge on any atom is -0.330 e. The summed E-state index contributed by atoms with van der Waals surface area (Å²) in [6.07, 6.45) is 0.646. The zero-order valence-corrected chi connectivity index (χ0v) is 11.7. The highest BCUT2D eigenvalue weighted by Crippen LogP contribution is 2.27. The summed E-state index contributed by atoms with van der Waals surface area (Å²) < 4.78 is 42.1. The van der Waals surface area contributed by atoms with Gasteiger partial charge in [-0.25, -0.2) is 18.2 Å². The summed E-state index contributed by atoms with van der Waals surface area (Å²) in [4.78, 5) is 4.33. The summed E-state index contributed by atoms with van der Waals surface area (Å²) in [5, 5.41) is 0. The largest absolute Gasteiger partial charge is 0.330 e. The molecule has 0 radical (unpaired) electrons. The smallest absolute Gasteiger partial charge is 0.161 e. The van der Waals surface area contributed by atoms with E-state index in [9.17, 15) is 13.2 Å². The summed E-state index contributed by atoms with van der Waals surface area (Å²) in [6.45, 7) is 0.940. The molecule has 0 spiro atoms. The lowest BCUT2D eigenvalue weighted by atomic mass is 10.2. The fourth-order valence-electron chi connectivity index (χ4n) is 2.44. The second-order valence-corrected chi connectivity index (χ2v) is 4.99. The van der Waals surface area contributed by atoms with Gasteiger partial charge in [-0.3, -0.25) is 0 Å². The van der Waals surface area contributed by atoms with Crippen LogP contribution in [-0.4, -0.2) is 16.1 Å². The maximum Gasteiger partial charge on any atom is 0.161 e. The Kier molecular flexibility index (Phi) is 3.85. The van der Waals surface area contributed by atoms with Gasteiger partial charge in [-0.15, -0.1) is 0 Å². The summed E-state index contributed by atoms with van der Waals surface area (Å²) in [6, 6.07) is 8.10. The van der Waals surface area contributed by atoms with Crippen molar-refractivity contribution >= 4 is 11.0 Å². The van der Waals surface area contributed by atoms with Crippen molar-refractivity contribution in [2.45, 2.75) is 13.0 Å². The second kappa shape index (κ2) is 5.81. The fourth-order valence-corrected chi connectivity index (χ4v) is 2.44. The molecule has 0 aliphatic heterocycles. The van der Waals surface area contributed by atoms with Crippen molar-refractivity contribution in [3.63, 3.8) is 0 Å². The lowest BCUT2D eigenvalue weighted by Gasteiger charge is -2.08. The first kappa shape index (κ1) is 14.6. The topological polar surface area (TPSA) is 43.8 Å². The van der Waals surface area contributed by atoms with E-state index < -0.39 is 17.5 Å². The van der Waals surface area contributed by atoms with E-state index in [1.807, 2.05) is 0 Å². The van der Waals surface area contributed by atoms with Crippen molar-refractivity contribution in [3.05, 3.63) is 53.8 Å². The van der Waals surface area contributed by atoms with Crippen molar-refractivity contribution in [1.29, 1.82) is 0 Å². The van der Waals surface area contributed by atoms with Crippen molar-refractivity contribution in [1.82, 2.24) is 9.55 Å². The molecule has 2 aromatic carbocycles. The van der Waals surface area contributed by atoms with E-state index in [1.54, 1.807) is 16.7 Å². The number of aromatic nitrogens is 2. The minimum absolute atomic E-state index is 0.329. The highest BCUT2D eigenvalue weighted by atomic mass is 19.2. The van der Waals surface area contributed by atoms with Crippen LogP contribution in [0.3, 0.4) is 0 Å². The molecular weight excluding hydrogens is 291 g/mol. The first-order valence-corrected chi connectivity index (χ1v) is 6.91. The molecule has 3 rings (SSSR count). The molecule has 0 fully saturated rings. The summed E-state index contributed by atoms with van der Waals surface area (Å²) >= 11 is 0. The average molecular weight is 305 g/mol. The molecule has 2 N–H and O–H groups in total. The van der Waals surface area contributed by atoms with Crippen LogP contribution < -0.4 is 5.73 Å². The third-order valence-electron chi connectivity index (χ3n) is 3.46. The zero-order valence-electron chi connectivity index (χ0n) is 11.7. The molecule has 1 heterocycles. The number of fused-ring (bicyclic) bond motifs is 1. The van der Waals surface area contributed by atoms with E-state index in [1.165, 1.54) is 12.1 Å². The number of imidazole rings is 1. The number of rotatable bonds is 4. The molecule has 0 aliphatic rings. The van der Waals surface area contributed by atoms with Gasteiger partial charge in [-0.1, -0.05) is 12.1 Å². The molecule has 0 bridgehead atoms. The van der Waals surface area contributed by atoms with Gasteiger partial charge in [0, 0.05) is 24.2 Å². The average Bonchev–Trinajstić information content (AvgIpc) is 2.83. The number of hydrogen-bond donors (Lipinski definition) is 1. The first-order chi connectivity index (χ1) is 10.6. The molecule has 0 saturated heterocycles. The molecule has 0 aliphatic carbocycles. The molecular formula is C16H14F3N3. The maximum atomic E-state index is 13.5. The van der Waals surface area contributed by atoms with Crippen LogP contribution >= 0.6 is 0 Å². The fraction of sp³-hybridized carbons (Fsp3) is 0.188.